The minimum Gasteiger partial charge on any atom is -0.263 e. The van der Waals surface area contributed by atoms with Crippen molar-refractivity contribution >= 4 is 59.4 Å². The summed E-state index contributed by atoms with van der Waals surface area (Å²) in [4.78, 5) is 8.35. The molecule has 0 amide bonds. The summed E-state index contributed by atoms with van der Waals surface area (Å²) in [6.45, 7) is 0. The molecule has 0 N–H and O–H groups in total. The van der Waals surface area contributed by atoms with E-state index in [1.807, 2.05) is 0 Å². The highest BCUT2D eigenvalue weighted by molar-refractivity contribution is 9.27. The smallest absolute Gasteiger partial charge is 0.263 e. The maximum Gasteiger partial charge on any atom is 0.304 e. The number of nitrogens with zero attached hydrogens (tertiary/aromatic N) is 1. The van der Waals surface area contributed by atoms with Gasteiger partial charge in [-0.2, -0.15) is 0 Å². The Kier molecular flexibility index (Phi) is 3.94. The zero-order chi connectivity index (χ0) is 7.65. The Labute approximate surface area is 81.7 Å². The van der Waals surface area contributed by atoms with E-state index in [1.54, 1.807) is 0 Å². The number of hydrogen-bond donors (Lipinski definition) is 0. The summed E-state index contributed by atoms with van der Waals surface area (Å²) in [5.41, 5.74) is 0. The summed E-state index contributed by atoms with van der Waals surface area (Å²) < 4.78 is -1.20. The number of nitro groups is 1. The first-order chi connectivity index (χ1) is 3.85. The highest BCUT2D eigenvalue weighted by Gasteiger charge is 2.38. The molecule has 0 aromatic heterocycles. The molecule has 7 heteroatoms. The van der Waals surface area contributed by atoms with E-state index < -0.39 is 12.6 Å². The average molecular weight is 346 g/mol. The van der Waals surface area contributed by atoms with E-state index in [2.05, 4.69) is 47.8 Å². The summed E-state index contributed by atoms with van der Waals surface area (Å²) >= 11 is 13.8. The second-order valence-electron chi connectivity index (χ2n) is 1.16. The third-order valence-electron chi connectivity index (χ3n) is 0.455. The van der Waals surface area contributed by atoms with Crippen molar-refractivity contribution in [3.05, 3.63) is 10.1 Å². The van der Waals surface area contributed by atoms with Crippen LogP contribution in [-0.4, -0.2) is 12.6 Å². The van der Waals surface area contributed by atoms with Gasteiger partial charge < -0.3 is 0 Å². The molecule has 54 valence electrons. The van der Waals surface area contributed by atoms with E-state index in [4.69, 9.17) is 11.6 Å². The minimum atomic E-state index is -1.20. The fraction of sp³-hybridized carbons (Fsp3) is 1.00. The zero-order valence-electron chi connectivity index (χ0n) is 3.85. The Bertz CT molecular complexity index is 123. The summed E-state index contributed by atoms with van der Waals surface area (Å²) in [5, 5.41) is 9.96. The van der Waals surface area contributed by atoms with Crippen molar-refractivity contribution in [1.29, 1.82) is 0 Å². The van der Waals surface area contributed by atoms with Crippen molar-refractivity contribution in [3.8, 4) is 0 Å². The molecule has 0 bridgehead atoms. The minimum absolute atomic E-state index is 0.559. The van der Waals surface area contributed by atoms with Gasteiger partial charge in [-0.3, -0.25) is 10.1 Å². The molecule has 0 aliphatic rings. The molecule has 0 radical (unpaired) electrons. The van der Waals surface area contributed by atoms with Crippen LogP contribution in [0.15, 0.2) is 0 Å². The van der Waals surface area contributed by atoms with Gasteiger partial charge in [0.15, 0.2) is 0 Å². The third kappa shape index (κ3) is 3.75. The largest absolute Gasteiger partial charge is 0.304 e. The van der Waals surface area contributed by atoms with Gasteiger partial charge in [-0.05, 0) is 31.9 Å². The van der Waals surface area contributed by atoms with Gasteiger partial charge in [0.1, 0.15) is 0 Å². The van der Waals surface area contributed by atoms with Crippen molar-refractivity contribution in [2.24, 2.45) is 0 Å². The fourth-order valence-electron chi connectivity index (χ4n) is 0.120. The predicted octanol–water partition coefficient (Wildman–Crippen LogP) is 2.67. The lowest BCUT2D eigenvalue weighted by atomic mass is 10.8. The molecule has 9 heavy (non-hydrogen) atoms. The van der Waals surface area contributed by atoms with Crippen LogP contribution in [0.2, 0.25) is 0 Å². The van der Waals surface area contributed by atoms with E-state index >= 15 is 0 Å². The van der Waals surface area contributed by atoms with Crippen LogP contribution in [0.1, 0.15) is 0 Å². The van der Waals surface area contributed by atoms with Crippen molar-refractivity contribution in [2.45, 2.75) is 7.64 Å². The van der Waals surface area contributed by atoms with Gasteiger partial charge in [-0.1, -0.05) is 11.6 Å². The normalized spacial score (nSPS) is 15.1. The van der Waals surface area contributed by atoms with Gasteiger partial charge in [0.2, 0.25) is 2.69 Å². The van der Waals surface area contributed by atoms with Crippen LogP contribution >= 0.6 is 59.4 Å². The van der Waals surface area contributed by atoms with Crippen LogP contribution in [-0.2, 0) is 0 Å². The standard InChI is InChI=1S/C2HBr3ClNO2/c3-1(7(8)9)2(4,5)6/h1H. The van der Waals surface area contributed by atoms with Crippen LogP contribution in [0, 0.1) is 10.1 Å². The van der Waals surface area contributed by atoms with Crippen molar-refractivity contribution in [2.75, 3.05) is 0 Å². The molecule has 1 unspecified atom stereocenters. The van der Waals surface area contributed by atoms with Crippen LogP contribution < -0.4 is 0 Å². The molecule has 0 rings (SSSR count). The molecular weight excluding hydrogens is 345 g/mol. The molecular formula is C2HBr3ClNO2. The van der Waals surface area contributed by atoms with Gasteiger partial charge >= 0.3 is 4.95 Å². The van der Waals surface area contributed by atoms with E-state index in [0.29, 0.717) is 0 Å². The molecule has 0 spiro atoms. The van der Waals surface area contributed by atoms with Crippen LogP contribution in [0.25, 0.3) is 0 Å². The molecule has 0 fully saturated rings. The highest BCUT2D eigenvalue weighted by Crippen LogP contribution is 2.38. The lowest BCUT2D eigenvalue weighted by Gasteiger charge is -2.10. The second-order valence-corrected chi connectivity index (χ2v) is 7.11. The molecule has 0 aromatic carbocycles. The topological polar surface area (TPSA) is 43.1 Å². The Morgan fingerprint density at radius 1 is 1.67 bits per heavy atom. The van der Waals surface area contributed by atoms with Crippen molar-refractivity contribution in [1.82, 2.24) is 0 Å². The van der Waals surface area contributed by atoms with Crippen molar-refractivity contribution in [3.63, 3.8) is 0 Å². The number of rotatable bonds is 2. The lowest BCUT2D eigenvalue weighted by molar-refractivity contribution is -0.490. The Morgan fingerprint density at radius 3 is 2.00 bits per heavy atom. The third-order valence-corrected chi connectivity index (χ3v) is 4.04. The first-order valence-electron chi connectivity index (χ1n) is 1.70. The first kappa shape index (κ1) is 10.1. The van der Waals surface area contributed by atoms with E-state index in [1.165, 1.54) is 0 Å². The summed E-state index contributed by atoms with van der Waals surface area (Å²) in [6, 6.07) is 0. The molecule has 0 saturated carbocycles. The molecule has 1 atom stereocenters. The number of hydrogen-bond acceptors (Lipinski definition) is 2. The molecule has 0 saturated heterocycles. The van der Waals surface area contributed by atoms with Crippen LogP contribution in [0.5, 0.6) is 0 Å². The average Bonchev–Trinajstić information content (AvgIpc) is 1.62. The molecule has 0 aliphatic carbocycles. The zero-order valence-corrected chi connectivity index (χ0v) is 9.37. The number of alkyl halides is 4. The molecule has 0 aromatic rings. The van der Waals surface area contributed by atoms with Gasteiger partial charge in [-0.25, -0.2) is 0 Å². The second kappa shape index (κ2) is 3.50. The summed E-state index contributed by atoms with van der Waals surface area (Å²) in [5.74, 6) is 0. The van der Waals surface area contributed by atoms with E-state index in [-0.39, 0.29) is 0 Å². The van der Waals surface area contributed by atoms with Crippen molar-refractivity contribution < 1.29 is 4.92 Å². The Balaban J connectivity index is 4.04. The van der Waals surface area contributed by atoms with Gasteiger partial charge in [0.25, 0.3) is 0 Å². The lowest BCUT2D eigenvalue weighted by Crippen LogP contribution is -2.26. The van der Waals surface area contributed by atoms with Gasteiger partial charge in [-0.15, -0.1) is 0 Å². The van der Waals surface area contributed by atoms with Gasteiger partial charge in [0.05, 0.1) is 0 Å². The van der Waals surface area contributed by atoms with E-state index in [0.717, 1.165) is 0 Å². The van der Waals surface area contributed by atoms with Crippen LogP contribution in [0.3, 0.4) is 0 Å². The Hall–Kier alpha value is 1.13. The van der Waals surface area contributed by atoms with E-state index in [9.17, 15) is 10.1 Å². The SMILES string of the molecule is O=[N+]([O-])C(Br)C(Cl)(Br)Br. The quantitative estimate of drug-likeness (QED) is 0.334. The highest BCUT2D eigenvalue weighted by atomic mass is 79.9. The molecule has 3 nitrogen and oxygen atoms in total. The first-order valence-corrected chi connectivity index (χ1v) is 4.58. The maximum absolute atomic E-state index is 9.96. The fourth-order valence-corrected chi connectivity index (χ4v) is 0.534. The molecule has 0 aliphatic heterocycles. The summed E-state index contributed by atoms with van der Waals surface area (Å²) in [7, 11) is 0. The predicted molar refractivity (Wildman–Crippen MR) is 46.1 cm³/mol. The molecule has 0 heterocycles. The van der Waals surface area contributed by atoms with Crippen LogP contribution in [0.4, 0.5) is 0 Å². The summed E-state index contributed by atoms with van der Waals surface area (Å²) in [6.07, 6.45) is 0. The Morgan fingerprint density at radius 2 is 2.00 bits per heavy atom. The monoisotopic (exact) mass is 343 g/mol. The number of halogens is 4. The van der Waals surface area contributed by atoms with Gasteiger partial charge in [0, 0.05) is 20.9 Å². The maximum atomic E-state index is 9.96.